The summed E-state index contributed by atoms with van der Waals surface area (Å²) in [6.45, 7) is 2.06. The molecule has 31 heavy (non-hydrogen) atoms. The van der Waals surface area contributed by atoms with Crippen LogP contribution in [0.25, 0.3) is 0 Å². The van der Waals surface area contributed by atoms with E-state index in [1.807, 2.05) is 30.3 Å². The second-order valence-corrected chi connectivity index (χ2v) is 8.77. The van der Waals surface area contributed by atoms with Crippen molar-refractivity contribution in [3.05, 3.63) is 89.7 Å². The predicted molar refractivity (Wildman–Crippen MR) is 118 cm³/mol. The topological polar surface area (TPSA) is 97.4 Å². The van der Waals surface area contributed by atoms with E-state index < -0.39 is 22.0 Å². The van der Waals surface area contributed by atoms with Gasteiger partial charge in [0.1, 0.15) is 16.7 Å². The van der Waals surface area contributed by atoms with Crippen LogP contribution in [-0.4, -0.2) is 32.5 Å². The van der Waals surface area contributed by atoms with Crippen molar-refractivity contribution in [2.45, 2.75) is 30.8 Å². The van der Waals surface area contributed by atoms with Gasteiger partial charge in [-0.25, -0.2) is 8.42 Å². The molecule has 2 N–H and O–H groups in total. The van der Waals surface area contributed by atoms with E-state index in [0.717, 1.165) is 16.7 Å². The summed E-state index contributed by atoms with van der Waals surface area (Å²) in [5.74, 6) is -0.204. The molecule has 0 saturated heterocycles. The zero-order valence-corrected chi connectivity index (χ0v) is 18.2. The fourth-order valence-electron chi connectivity index (χ4n) is 3.10. The molecule has 0 bridgehead atoms. The number of aryl methyl sites for hydroxylation is 1. The standard InChI is InChI=1S/C23H25N3O4S/c1-17-8-9-21(30-2)22(14-17)31(28,29)26-20(15-18-6-4-3-5-7-18)23(27)25-16-19-10-12-24-13-11-19/h3-14,20,26H,15-16H2,1-2H3,(H,25,27). The molecule has 0 radical (unpaired) electrons. The van der Waals surface area contributed by atoms with Gasteiger partial charge in [-0.1, -0.05) is 36.4 Å². The van der Waals surface area contributed by atoms with Gasteiger partial charge < -0.3 is 10.1 Å². The van der Waals surface area contributed by atoms with E-state index in [0.29, 0.717) is 0 Å². The Kier molecular flexibility index (Phi) is 7.38. The molecule has 3 aromatic rings. The molecular weight excluding hydrogens is 414 g/mol. The van der Waals surface area contributed by atoms with Gasteiger partial charge in [0.15, 0.2) is 0 Å². The van der Waals surface area contributed by atoms with Gasteiger partial charge in [-0.3, -0.25) is 9.78 Å². The van der Waals surface area contributed by atoms with E-state index in [2.05, 4.69) is 15.0 Å². The smallest absolute Gasteiger partial charge is 0.244 e. The Labute approximate surface area is 182 Å². The van der Waals surface area contributed by atoms with Gasteiger partial charge in [-0.2, -0.15) is 4.72 Å². The number of aromatic nitrogens is 1. The van der Waals surface area contributed by atoms with Crippen LogP contribution >= 0.6 is 0 Å². The number of hydrogen-bond acceptors (Lipinski definition) is 5. The maximum Gasteiger partial charge on any atom is 0.244 e. The molecule has 8 heteroatoms. The van der Waals surface area contributed by atoms with Gasteiger partial charge in [-0.05, 0) is 54.3 Å². The molecule has 0 aliphatic heterocycles. The summed E-state index contributed by atoms with van der Waals surface area (Å²) >= 11 is 0. The van der Waals surface area contributed by atoms with Crippen LogP contribution in [0.5, 0.6) is 5.75 Å². The second-order valence-electron chi connectivity index (χ2n) is 7.09. The lowest BCUT2D eigenvalue weighted by Gasteiger charge is -2.20. The number of benzene rings is 2. The fourth-order valence-corrected chi connectivity index (χ4v) is 4.54. The van der Waals surface area contributed by atoms with E-state index >= 15 is 0 Å². The summed E-state index contributed by atoms with van der Waals surface area (Å²) in [6, 6.07) is 16.7. The van der Waals surface area contributed by atoms with Crippen molar-refractivity contribution in [3.63, 3.8) is 0 Å². The number of hydrogen-bond donors (Lipinski definition) is 2. The predicted octanol–water partition coefficient (Wildman–Crippen LogP) is 2.60. The zero-order chi connectivity index (χ0) is 22.3. The van der Waals surface area contributed by atoms with E-state index in [9.17, 15) is 13.2 Å². The van der Waals surface area contributed by atoms with Crippen LogP contribution in [0.1, 0.15) is 16.7 Å². The molecule has 0 aliphatic carbocycles. The van der Waals surface area contributed by atoms with Gasteiger partial charge in [0.05, 0.1) is 7.11 Å². The third-order valence-corrected chi connectivity index (χ3v) is 6.21. The van der Waals surface area contributed by atoms with Gasteiger partial charge in [0.2, 0.25) is 15.9 Å². The molecular formula is C23H25N3O4S. The second kappa shape index (κ2) is 10.2. The molecule has 2 aromatic carbocycles. The first kappa shape index (κ1) is 22.5. The molecule has 162 valence electrons. The van der Waals surface area contributed by atoms with Crippen molar-refractivity contribution in [1.29, 1.82) is 0 Å². The number of carbonyl (C=O) groups excluding carboxylic acids is 1. The minimum atomic E-state index is -4.02. The molecule has 1 heterocycles. The number of nitrogens with zero attached hydrogens (tertiary/aromatic N) is 1. The van der Waals surface area contributed by atoms with E-state index in [1.54, 1.807) is 43.6 Å². The van der Waals surface area contributed by atoms with Crippen LogP contribution < -0.4 is 14.8 Å². The van der Waals surface area contributed by atoms with Gasteiger partial charge >= 0.3 is 0 Å². The van der Waals surface area contributed by atoms with Gasteiger partial charge in [0, 0.05) is 18.9 Å². The molecule has 1 amide bonds. The summed E-state index contributed by atoms with van der Waals surface area (Å²) in [5, 5.41) is 2.81. The number of rotatable bonds is 9. The summed E-state index contributed by atoms with van der Waals surface area (Å²) in [7, 11) is -2.61. The van der Waals surface area contributed by atoms with E-state index in [1.165, 1.54) is 13.2 Å². The first-order chi connectivity index (χ1) is 14.9. The Hall–Kier alpha value is -3.23. The van der Waals surface area contributed by atoms with Gasteiger partial charge in [-0.15, -0.1) is 0 Å². The number of amides is 1. The Morgan fingerprint density at radius 1 is 1.03 bits per heavy atom. The Balaban J connectivity index is 1.85. The van der Waals surface area contributed by atoms with Gasteiger partial charge in [0.25, 0.3) is 0 Å². The van der Waals surface area contributed by atoms with Crippen molar-refractivity contribution >= 4 is 15.9 Å². The molecule has 1 atom stereocenters. The number of ether oxygens (including phenoxy) is 1. The monoisotopic (exact) mass is 439 g/mol. The molecule has 7 nitrogen and oxygen atoms in total. The summed E-state index contributed by atoms with van der Waals surface area (Å²) in [4.78, 5) is 16.9. The van der Waals surface area contributed by atoms with Crippen LogP contribution in [0, 0.1) is 6.92 Å². The fraction of sp³-hybridized carbons (Fsp3) is 0.217. The molecule has 3 rings (SSSR count). The highest BCUT2D eigenvalue weighted by atomic mass is 32.2. The first-order valence-corrected chi connectivity index (χ1v) is 11.2. The number of carbonyl (C=O) groups is 1. The highest BCUT2D eigenvalue weighted by Gasteiger charge is 2.28. The molecule has 1 unspecified atom stereocenters. The lowest BCUT2D eigenvalue weighted by molar-refractivity contribution is -0.122. The molecule has 0 saturated carbocycles. The SMILES string of the molecule is COc1ccc(C)cc1S(=O)(=O)NC(Cc1ccccc1)C(=O)NCc1ccncc1. The highest BCUT2D eigenvalue weighted by molar-refractivity contribution is 7.89. The highest BCUT2D eigenvalue weighted by Crippen LogP contribution is 2.25. The lowest BCUT2D eigenvalue weighted by Crippen LogP contribution is -2.47. The number of methoxy groups -OCH3 is 1. The molecule has 0 fully saturated rings. The molecule has 0 spiro atoms. The third-order valence-electron chi connectivity index (χ3n) is 4.72. The lowest BCUT2D eigenvalue weighted by atomic mass is 10.1. The Morgan fingerprint density at radius 2 is 1.74 bits per heavy atom. The first-order valence-electron chi connectivity index (χ1n) is 9.76. The average Bonchev–Trinajstić information content (AvgIpc) is 2.78. The summed E-state index contributed by atoms with van der Waals surface area (Å²) in [6.07, 6.45) is 3.47. The minimum absolute atomic E-state index is 0.00463. The number of pyridine rings is 1. The zero-order valence-electron chi connectivity index (χ0n) is 17.4. The van der Waals surface area contributed by atoms with Crippen molar-refractivity contribution in [3.8, 4) is 5.75 Å². The van der Waals surface area contributed by atoms with Crippen LogP contribution in [-0.2, 0) is 27.8 Å². The average molecular weight is 440 g/mol. The molecule has 1 aromatic heterocycles. The van der Waals surface area contributed by atoms with Crippen LogP contribution in [0.3, 0.4) is 0 Å². The Morgan fingerprint density at radius 3 is 2.42 bits per heavy atom. The maximum absolute atomic E-state index is 13.2. The van der Waals surface area contributed by atoms with Crippen molar-refractivity contribution in [1.82, 2.24) is 15.0 Å². The normalized spacial score (nSPS) is 12.2. The molecule has 0 aliphatic rings. The van der Waals surface area contributed by atoms with E-state index in [4.69, 9.17) is 4.74 Å². The van der Waals surface area contributed by atoms with E-state index in [-0.39, 0.29) is 23.6 Å². The summed E-state index contributed by atoms with van der Waals surface area (Å²) in [5.41, 5.74) is 2.47. The minimum Gasteiger partial charge on any atom is -0.495 e. The van der Waals surface area contributed by atoms with Crippen LogP contribution in [0.2, 0.25) is 0 Å². The van der Waals surface area contributed by atoms with Crippen molar-refractivity contribution in [2.24, 2.45) is 0 Å². The number of nitrogens with one attached hydrogen (secondary N) is 2. The van der Waals surface area contributed by atoms with Crippen LogP contribution in [0.4, 0.5) is 0 Å². The quantitative estimate of drug-likeness (QED) is 0.534. The number of sulfonamides is 1. The largest absolute Gasteiger partial charge is 0.495 e. The Bertz CT molecular complexity index is 1120. The van der Waals surface area contributed by atoms with Crippen molar-refractivity contribution in [2.75, 3.05) is 7.11 Å². The van der Waals surface area contributed by atoms with Crippen molar-refractivity contribution < 1.29 is 17.9 Å². The summed E-state index contributed by atoms with van der Waals surface area (Å²) < 4.78 is 34.1. The maximum atomic E-state index is 13.2. The van der Waals surface area contributed by atoms with Crippen LogP contribution in [0.15, 0.2) is 78.0 Å². The third kappa shape index (κ3) is 6.13.